The van der Waals surface area contributed by atoms with Crippen LogP contribution in [0.5, 0.6) is 0 Å². The molecule has 2 aliphatic heterocycles. The molecular weight excluding hydrogens is 511 g/mol. The summed E-state index contributed by atoms with van der Waals surface area (Å²) in [7, 11) is -3.73. The maximum atomic E-state index is 14.0. The van der Waals surface area contributed by atoms with Gasteiger partial charge in [-0.3, -0.25) is 9.10 Å². The van der Waals surface area contributed by atoms with Crippen molar-refractivity contribution in [3.63, 3.8) is 0 Å². The molecule has 0 atom stereocenters. The van der Waals surface area contributed by atoms with Crippen LogP contribution >= 0.6 is 11.3 Å². The molecule has 1 fully saturated rings. The number of carbonyl (C=O) groups is 1. The highest BCUT2D eigenvalue weighted by atomic mass is 32.2. The van der Waals surface area contributed by atoms with Crippen molar-refractivity contribution in [1.29, 1.82) is 0 Å². The van der Waals surface area contributed by atoms with Gasteiger partial charge in [0.05, 0.1) is 15.3 Å². The minimum atomic E-state index is -3.73. The molecule has 7 nitrogen and oxygen atoms in total. The van der Waals surface area contributed by atoms with E-state index in [2.05, 4.69) is 9.88 Å². The molecule has 0 unspecified atom stereocenters. The number of fused-ring (bicyclic) bond motifs is 2. The number of amides is 1. The molecule has 3 aromatic carbocycles. The van der Waals surface area contributed by atoms with Crippen LogP contribution in [-0.4, -0.2) is 56.9 Å². The fourth-order valence-electron chi connectivity index (χ4n) is 4.97. The summed E-state index contributed by atoms with van der Waals surface area (Å²) in [5.41, 5.74) is 2.58. The standard InChI is InChI=1S/C27H25FN4O3S2/c28-22-7-3-9-24-25(22)29-27(36-24)31-17-15-30(16-18-31)26(33)20-10-12-21(13-11-20)37(34,35)32-14-4-6-19-5-1-2-8-23(19)32/h1-3,5,7-13H,4,6,14-18H2. The van der Waals surface area contributed by atoms with Crippen molar-refractivity contribution in [3.8, 4) is 0 Å². The van der Waals surface area contributed by atoms with Crippen LogP contribution in [0.15, 0.2) is 71.6 Å². The summed E-state index contributed by atoms with van der Waals surface area (Å²) >= 11 is 1.45. The first-order valence-corrected chi connectivity index (χ1v) is 14.5. The van der Waals surface area contributed by atoms with Crippen LogP contribution in [0.3, 0.4) is 0 Å². The molecule has 1 amide bonds. The molecule has 0 bridgehead atoms. The molecule has 0 saturated carbocycles. The second-order valence-corrected chi connectivity index (χ2v) is 12.1. The Kier molecular flexibility index (Phi) is 6.08. The number of halogens is 1. The van der Waals surface area contributed by atoms with E-state index in [0.29, 0.717) is 43.8 Å². The van der Waals surface area contributed by atoms with Gasteiger partial charge in [-0.15, -0.1) is 0 Å². The van der Waals surface area contributed by atoms with Crippen LogP contribution < -0.4 is 9.21 Å². The van der Waals surface area contributed by atoms with Crippen LogP contribution in [-0.2, 0) is 16.4 Å². The van der Waals surface area contributed by atoms with Gasteiger partial charge in [0.2, 0.25) is 0 Å². The van der Waals surface area contributed by atoms with Crippen molar-refractivity contribution in [1.82, 2.24) is 9.88 Å². The normalized spacial score (nSPS) is 16.2. The summed E-state index contributed by atoms with van der Waals surface area (Å²) in [5.74, 6) is -0.467. The summed E-state index contributed by atoms with van der Waals surface area (Å²) in [6, 6.07) is 18.7. The lowest BCUT2D eigenvalue weighted by Crippen LogP contribution is -2.48. The van der Waals surface area contributed by atoms with Gasteiger partial charge in [0.15, 0.2) is 5.13 Å². The molecule has 3 heterocycles. The Labute approximate surface area is 218 Å². The Balaban J connectivity index is 1.14. The number of anilines is 2. The first kappa shape index (κ1) is 23.9. The molecule has 37 heavy (non-hydrogen) atoms. The van der Waals surface area contributed by atoms with E-state index in [1.165, 1.54) is 33.8 Å². The first-order chi connectivity index (χ1) is 17.9. The van der Waals surface area contributed by atoms with Gasteiger partial charge in [0.1, 0.15) is 11.3 Å². The fourth-order valence-corrected chi connectivity index (χ4v) is 7.54. The molecule has 0 aliphatic carbocycles. The zero-order chi connectivity index (χ0) is 25.6. The van der Waals surface area contributed by atoms with Gasteiger partial charge in [0.25, 0.3) is 15.9 Å². The largest absolute Gasteiger partial charge is 0.345 e. The van der Waals surface area contributed by atoms with Crippen LogP contribution in [0.2, 0.25) is 0 Å². The van der Waals surface area contributed by atoms with Crippen LogP contribution in [0.25, 0.3) is 10.2 Å². The van der Waals surface area contributed by atoms with Gasteiger partial charge in [-0.1, -0.05) is 35.6 Å². The second kappa shape index (κ2) is 9.42. The average Bonchev–Trinajstić information content (AvgIpc) is 3.38. The Morgan fingerprint density at radius 3 is 2.41 bits per heavy atom. The molecule has 10 heteroatoms. The number of para-hydroxylation sites is 2. The third-order valence-corrected chi connectivity index (χ3v) is 9.86. The Morgan fingerprint density at radius 2 is 1.65 bits per heavy atom. The monoisotopic (exact) mass is 536 g/mol. The molecule has 190 valence electrons. The van der Waals surface area contributed by atoms with E-state index in [1.54, 1.807) is 23.1 Å². The van der Waals surface area contributed by atoms with Gasteiger partial charge in [-0.05, 0) is 60.9 Å². The Hall–Kier alpha value is -3.50. The number of carbonyl (C=O) groups excluding carboxylic acids is 1. The number of aromatic nitrogens is 1. The number of hydrogen-bond donors (Lipinski definition) is 0. The fraction of sp³-hybridized carbons (Fsp3) is 0.259. The number of nitrogens with zero attached hydrogens (tertiary/aromatic N) is 4. The van der Waals surface area contributed by atoms with E-state index in [9.17, 15) is 17.6 Å². The molecule has 4 aromatic rings. The van der Waals surface area contributed by atoms with E-state index in [1.807, 2.05) is 30.3 Å². The maximum Gasteiger partial charge on any atom is 0.264 e. The quantitative estimate of drug-likeness (QED) is 0.383. The molecule has 0 N–H and O–H groups in total. The highest BCUT2D eigenvalue weighted by Crippen LogP contribution is 2.33. The van der Waals surface area contributed by atoms with Crippen molar-refractivity contribution in [3.05, 3.63) is 83.7 Å². The number of thiazole rings is 1. The van der Waals surface area contributed by atoms with Crippen molar-refractivity contribution in [2.45, 2.75) is 17.7 Å². The minimum Gasteiger partial charge on any atom is -0.345 e. The lowest BCUT2D eigenvalue weighted by molar-refractivity contribution is 0.0746. The lowest BCUT2D eigenvalue weighted by atomic mass is 10.0. The zero-order valence-corrected chi connectivity index (χ0v) is 21.6. The molecule has 0 radical (unpaired) electrons. The number of piperazine rings is 1. The zero-order valence-electron chi connectivity index (χ0n) is 20.0. The highest BCUT2D eigenvalue weighted by molar-refractivity contribution is 7.92. The summed E-state index contributed by atoms with van der Waals surface area (Å²) in [6.07, 6.45) is 1.63. The SMILES string of the molecule is O=C(c1ccc(S(=O)(=O)N2CCCc3ccccc32)cc1)N1CCN(c2nc3c(F)cccc3s2)CC1. The third kappa shape index (κ3) is 4.34. The summed E-state index contributed by atoms with van der Waals surface area (Å²) < 4.78 is 43.1. The van der Waals surface area contributed by atoms with Gasteiger partial charge in [-0.25, -0.2) is 17.8 Å². The van der Waals surface area contributed by atoms with Crippen LogP contribution in [0.4, 0.5) is 15.2 Å². The maximum absolute atomic E-state index is 14.0. The number of rotatable bonds is 4. The topological polar surface area (TPSA) is 73.8 Å². The van der Waals surface area contributed by atoms with Crippen molar-refractivity contribution >= 4 is 48.3 Å². The third-order valence-electron chi connectivity index (χ3n) is 6.95. The van der Waals surface area contributed by atoms with Gasteiger partial charge >= 0.3 is 0 Å². The predicted octanol–water partition coefficient (Wildman–Crippen LogP) is 4.54. The molecular formula is C27H25FN4O3S2. The number of aryl methyl sites for hydroxylation is 1. The summed E-state index contributed by atoms with van der Waals surface area (Å²) in [5, 5.41) is 0.751. The number of hydrogen-bond acceptors (Lipinski definition) is 6. The van der Waals surface area contributed by atoms with Crippen LogP contribution in [0, 0.1) is 5.82 Å². The molecule has 6 rings (SSSR count). The van der Waals surface area contributed by atoms with Gasteiger partial charge < -0.3 is 9.80 Å². The molecule has 2 aliphatic rings. The van der Waals surface area contributed by atoms with E-state index in [4.69, 9.17) is 0 Å². The predicted molar refractivity (Wildman–Crippen MR) is 143 cm³/mol. The molecule has 1 aromatic heterocycles. The smallest absolute Gasteiger partial charge is 0.264 e. The summed E-state index contributed by atoms with van der Waals surface area (Å²) in [6.45, 7) is 2.62. The summed E-state index contributed by atoms with van der Waals surface area (Å²) in [4.78, 5) is 21.6. The van der Waals surface area contributed by atoms with Crippen molar-refractivity contribution in [2.75, 3.05) is 41.9 Å². The van der Waals surface area contributed by atoms with E-state index in [-0.39, 0.29) is 16.6 Å². The Bertz CT molecular complexity index is 1580. The number of benzene rings is 3. The van der Waals surface area contributed by atoms with Crippen molar-refractivity contribution in [2.24, 2.45) is 0 Å². The lowest BCUT2D eigenvalue weighted by Gasteiger charge is -2.34. The van der Waals surface area contributed by atoms with Gasteiger partial charge in [0, 0.05) is 38.3 Å². The second-order valence-electron chi connectivity index (χ2n) is 9.20. The van der Waals surface area contributed by atoms with E-state index in [0.717, 1.165) is 33.9 Å². The van der Waals surface area contributed by atoms with Crippen molar-refractivity contribution < 1.29 is 17.6 Å². The molecule has 1 saturated heterocycles. The number of sulfonamides is 1. The first-order valence-electron chi connectivity index (χ1n) is 12.2. The van der Waals surface area contributed by atoms with Gasteiger partial charge in [-0.2, -0.15) is 0 Å². The highest BCUT2D eigenvalue weighted by Gasteiger charge is 2.30. The average molecular weight is 537 g/mol. The minimum absolute atomic E-state index is 0.137. The van der Waals surface area contributed by atoms with Crippen LogP contribution in [0.1, 0.15) is 22.3 Å². The van der Waals surface area contributed by atoms with E-state index >= 15 is 0 Å². The molecule has 0 spiro atoms. The van der Waals surface area contributed by atoms with E-state index < -0.39 is 10.0 Å². The Morgan fingerprint density at radius 1 is 0.892 bits per heavy atom.